The Bertz CT molecular complexity index is 385. The number of aliphatic carboxylic acids is 1. The number of carboxylic acid groups (broad SMARTS) is 1. The fourth-order valence-electron chi connectivity index (χ4n) is 3.09. The molecule has 1 aliphatic heterocycles. The molecule has 0 aliphatic carbocycles. The van der Waals surface area contributed by atoms with Crippen molar-refractivity contribution in [2.75, 3.05) is 13.1 Å². The molecule has 0 aromatic heterocycles. The zero-order chi connectivity index (χ0) is 13.5. The standard InChI is InChI=1S/C16H23NO2/c18-16(19)8-4-7-15(13-5-2-1-3-6-13)14-9-11-17-12-10-14/h1-3,5-6,14-15,17H,4,7-12H2,(H,18,19). The van der Waals surface area contributed by atoms with Crippen LogP contribution in [0.25, 0.3) is 0 Å². The summed E-state index contributed by atoms with van der Waals surface area (Å²) in [6.07, 6.45) is 4.45. The van der Waals surface area contributed by atoms with E-state index in [9.17, 15) is 4.79 Å². The van der Waals surface area contributed by atoms with Crippen molar-refractivity contribution in [3.63, 3.8) is 0 Å². The maximum Gasteiger partial charge on any atom is 0.303 e. The van der Waals surface area contributed by atoms with E-state index in [1.54, 1.807) is 0 Å². The summed E-state index contributed by atoms with van der Waals surface area (Å²) in [6, 6.07) is 10.6. The van der Waals surface area contributed by atoms with E-state index in [1.165, 1.54) is 18.4 Å². The first kappa shape index (κ1) is 14.1. The summed E-state index contributed by atoms with van der Waals surface area (Å²) in [5, 5.41) is 12.2. The van der Waals surface area contributed by atoms with E-state index in [2.05, 4.69) is 29.6 Å². The predicted octanol–water partition coefficient (Wildman–Crippen LogP) is 3.02. The lowest BCUT2D eigenvalue weighted by Gasteiger charge is -2.31. The molecule has 1 atom stereocenters. The van der Waals surface area contributed by atoms with Crippen LogP contribution in [0, 0.1) is 5.92 Å². The van der Waals surface area contributed by atoms with Gasteiger partial charge in [0.1, 0.15) is 0 Å². The van der Waals surface area contributed by atoms with Crippen molar-refractivity contribution in [1.82, 2.24) is 5.32 Å². The van der Waals surface area contributed by atoms with E-state index in [0.29, 0.717) is 11.8 Å². The van der Waals surface area contributed by atoms with E-state index in [0.717, 1.165) is 25.9 Å². The number of piperidine rings is 1. The third-order valence-corrected chi connectivity index (χ3v) is 4.09. The van der Waals surface area contributed by atoms with Crippen molar-refractivity contribution in [2.24, 2.45) is 5.92 Å². The van der Waals surface area contributed by atoms with Crippen molar-refractivity contribution in [3.8, 4) is 0 Å². The number of carboxylic acids is 1. The number of nitrogens with one attached hydrogen (secondary N) is 1. The molecule has 2 N–H and O–H groups in total. The molecule has 1 aliphatic rings. The highest BCUT2D eigenvalue weighted by Crippen LogP contribution is 2.34. The number of hydrogen-bond acceptors (Lipinski definition) is 2. The Kier molecular flexibility index (Phi) is 5.40. The Labute approximate surface area is 115 Å². The van der Waals surface area contributed by atoms with Crippen LogP contribution in [0.3, 0.4) is 0 Å². The van der Waals surface area contributed by atoms with E-state index in [1.807, 2.05) is 6.07 Å². The molecule has 1 aromatic carbocycles. The molecule has 1 unspecified atom stereocenters. The number of benzene rings is 1. The van der Waals surface area contributed by atoms with Crippen molar-refractivity contribution in [3.05, 3.63) is 35.9 Å². The number of hydrogen-bond donors (Lipinski definition) is 2. The van der Waals surface area contributed by atoms with Crippen LogP contribution in [0.5, 0.6) is 0 Å². The van der Waals surface area contributed by atoms with Crippen molar-refractivity contribution in [2.45, 2.75) is 38.0 Å². The minimum Gasteiger partial charge on any atom is -0.481 e. The maximum absolute atomic E-state index is 10.7. The van der Waals surface area contributed by atoms with Gasteiger partial charge in [-0.3, -0.25) is 4.79 Å². The first-order valence-corrected chi connectivity index (χ1v) is 7.25. The summed E-state index contributed by atoms with van der Waals surface area (Å²) in [6.45, 7) is 2.18. The van der Waals surface area contributed by atoms with Gasteiger partial charge in [0.25, 0.3) is 0 Å². The first-order valence-electron chi connectivity index (χ1n) is 7.25. The molecule has 3 nitrogen and oxygen atoms in total. The molecular formula is C16H23NO2. The molecule has 1 fully saturated rings. The Hall–Kier alpha value is -1.35. The number of rotatable bonds is 6. The molecule has 0 bridgehead atoms. The third kappa shape index (κ3) is 4.35. The van der Waals surface area contributed by atoms with Gasteiger partial charge in [-0.2, -0.15) is 0 Å². The van der Waals surface area contributed by atoms with Crippen LogP contribution in [-0.2, 0) is 4.79 Å². The second kappa shape index (κ2) is 7.29. The molecule has 0 saturated carbocycles. The van der Waals surface area contributed by atoms with Gasteiger partial charge in [0.2, 0.25) is 0 Å². The van der Waals surface area contributed by atoms with Gasteiger partial charge in [0, 0.05) is 6.42 Å². The zero-order valence-electron chi connectivity index (χ0n) is 11.3. The molecule has 0 spiro atoms. The van der Waals surface area contributed by atoms with Crippen molar-refractivity contribution >= 4 is 5.97 Å². The van der Waals surface area contributed by atoms with Crippen LogP contribution < -0.4 is 5.32 Å². The van der Waals surface area contributed by atoms with Gasteiger partial charge in [-0.1, -0.05) is 30.3 Å². The summed E-state index contributed by atoms with van der Waals surface area (Å²) in [4.78, 5) is 10.7. The van der Waals surface area contributed by atoms with E-state index in [4.69, 9.17) is 5.11 Å². The molecule has 19 heavy (non-hydrogen) atoms. The lowest BCUT2D eigenvalue weighted by atomic mass is 9.78. The van der Waals surface area contributed by atoms with Crippen LogP contribution in [-0.4, -0.2) is 24.2 Å². The largest absolute Gasteiger partial charge is 0.481 e. The highest BCUT2D eigenvalue weighted by molar-refractivity contribution is 5.66. The van der Waals surface area contributed by atoms with Crippen LogP contribution >= 0.6 is 0 Å². The molecule has 0 amide bonds. The van der Waals surface area contributed by atoms with Gasteiger partial charge in [-0.05, 0) is 56.2 Å². The highest BCUT2D eigenvalue weighted by atomic mass is 16.4. The fourth-order valence-corrected chi connectivity index (χ4v) is 3.09. The summed E-state index contributed by atoms with van der Waals surface area (Å²) >= 11 is 0. The Morgan fingerprint density at radius 3 is 2.58 bits per heavy atom. The van der Waals surface area contributed by atoms with E-state index >= 15 is 0 Å². The summed E-state index contributed by atoms with van der Waals surface area (Å²) in [5.41, 5.74) is 1.37. The Morgan fingerprint density at radius 2 is 1.95 bits per heavy atom. The van der Waals surface area contributed by atoms with E-state index < -0.39 is 5.97 Å². The Balaban J connectivity index is 2.01. The zero-order valence-corrected chi connectivity index (χ0v) is 11.3. The molecule has 2 rings (SSSR count). The summed E-state index contributed by atoms with van der Waals surface area (Å²) in [5.74, 6) is 0.525. The molecule has 104 valence electrons. The predicted molar refractivity (Wildman–Crippen MR) is 76.3 cm³/mol. The van der Waals surface area contributed by atoms with Crippen molar-refractivity contribution < 1.29 is 9.90 Å². The Morgan fingerprint density at radius 1 is 1.26 bits per heavy atom. The average Bonchev–Trinajstić information content (AvgIpc) is 2.45. The highest BCUT2D eigenvalue weighted by Gasteiger charge is 2.24. The summed E-state index contributed by atoms with van der Waals surface area (Å²) in [7, 11) is 0. The lowest BCUT2D eigenvalue weighted by molar-refractivity contribution is -0.137. The topological polar surface area (TPSA) is 49.3 Å². The molecule has 1 aromatic rings. The van der Waals surface area contributed by atoms with Gasteiger partial charge >= 0.3 is 5.97 Å². The SMILES string of the molecule is O=C(O)CCCC(c1ccccc1)C1CCNCC1. The lowest BCUT2D eigenvalue weighted by Crippen LogP contribution is -2.31. The molecule has 1 heterocycles. The van der Waals surface area contributed by atoms with Crippen LogP contribution in [0.15, 0.2) is 30.3 Å². The van der Waals surface area contributed by atoms with Gasteiger partial charge in [-0.15, -0.1) is 0 Å². The fraction of sp³-hybridized carbons (Fsp3) is 0.562. The molecule has 3 heteroatoms. The second-order valence-corrected chi connectivity index (χ2v) is 5.39. The molecular weight excluding hydrogens is 238 g/mol. The van der Waals surface area contributed by atoms with Gasteiger partial charge in [0.15, 0.2) is 0 Å². The minimum atomic E-state index is -0.683. The monoisotopic (exact) mass is 261 g/mol. The van der Waals surface area contributed by atoms with Crippen LogP contribution in [0.4, 0.5) is 0 Å². The second-order valence-electron chi connectivity index (χ2n) is 5.39. The third-order valence-electron chi connectivity index (χ3n) is 4.09. The molecule has 1 saturated heterocycles. The first-order chi connectivity index (χ1) is 9.27. The van der Waals surface area contributed by atoms with Gasteiger partial charge < -0.3 is 10.4 Å². The molecule has 0 radical (unpaired) electrons. The van der Waals surface area contributed by atoms with Crippen molar-refractivity contribution in [1.29, 1.82) is 0 Å². The maximum atomic E-state index is 10.7. The van der Waals surface area contributed by atoms with Gasteiger partial charge in [-0.25, -0.2) is 0 Å². The minimum absolute atomic E-state index is 0.286. The average molecular weight is 261 g/mol. The van der Waals surface area contributed by atoms with Crippen LogP contribution in [0.2, 0.25) is 0 Å². The normalized spacial score (nSPS) is 18.1. The quantitative estimate of drug-likeness (QED) is 0.827. The van der Waals surface area contributed by atoms with E-state index in [-0.39, 0.29) is 6.42 Å². The van der Waals surface area contributed by atoms with Gasteiger partial charge in [0.05, 0.1) is 0 Å². The van der Waals surface area contributed by atoms with Crippen LogP contribution in [0.1, 0.15) is 43.6 Å². The number of carbonyl (C=O) groups is 1. The smallest absolute Gasteiger partial charge is 0.303 e. The summed E-state index contributed by atoms with van der Waals surface area (Å²) < 4.78 is 0.